The summed E-state index contributed by atoms with van der Waals surface area (Å²) in [6.45, 7) is 15.2. The van der Waals surface area contributed by atoms with Crippen LogP contribution in [0.25, 0.3) is 0 Å². The molecular formula is C32H41NO7. The molecule has 0 spiro atoms. The first kappa shape index (κ1) is 29.7. The Morgan fingerprint density at radius 1 is 1.07 bits per heavy atom. The fourth-order valence-corrected chi connectivity index (χ4v) is 7.29. The molecule has 0 saturated heterocycles. The summed E-state index contributed by atoms with van der Waals surface area (Å²) in [7, 11) is 0. The van der Waals surface area contributed by atoms with Gasteiger partial charge in [-0.25, -0.2) is 0 Å². The molecule has 0 N–H and O–H groups in total. The maximum absolute atomic E-state index is 13.2. The highest BCUT2D eigenvalue weighted by Crippen LogP contribution is 2.60. The van der Waals surface area contributed by atoms with Gasteiger partial charge in [0.05, 0.1) is 0 Å². The van der Waals surface area contributed by atoms with Gasteiger partial charge in [-0.05, 0) is 54.4 Å². The van der Waals surface area contributed by atoms with Crippen molar-refractivity contribution in [2.45, 2.75) is 98.4 Å². The van der Waals surface area contributed by atoms with Gasteiger partial charge in [0.15, 0.2) is 5.78 Å². The van der Waals surface area contributed by atoms with Gasteiger partial charge >= 0.3 is 17.9 Å². The Bertz CT molecular complexity index is 1230. The second-order valence-corrected chi connectivity index (χ2v) is 12.4. The van der Waals surface area contributed by atoms with Gasteiger partial charge < -0.3 is 14.2 Å². The number of rotatable bonds is 6. The quantitative estimate of drug-likeness (QED) is 0.273. The Balaban J connectivity index is 1.72. The van der Waals surface area contributed by atoms with E-state index in [0.717, 1.165) is 11.1 Å². The lowest BCUT2D eigenvalue weighted by atomic mass is 9.50. The number of allylic oxidation sites excluding steroid dienone is 1. The lowest BCUT2D eigenvalue weighted by Crippen LogP contribution is -2.59. The Hall–Kier alpha value is -3.29. The van der Waals surface area contributed by atoms with Gasteiger partial charge in [0.2, 0.25) is 0 Å². The fourth-order valence-electron chi connectivity index (χ4n) is 7.29. The summed E-state index contributed by atoms with van der Waals surface area (Å²) in [5, 5.41) is 0. The number of esters is 3. The lowest BCUT2D eigenvalue weighted by molar-refractivity contribution is -0.184. The van der Waals surface area contributed by atoms with Crippen LogP contribution in [0.3, 0.4) is 0 Å². The first-order valence-electron chi connectivity index (χ1n) is 14.1. The third-order valence-corrected chi connectivity index (χ3v) is 9.52. The molecule has 1 heterocycles. The van der Waals surface area contributed by atoms with Crippen LogP contribution >= 0.6 is 0 Å². The van der Waals surface area contributed by atoms with E-state index in [2.05, 4.69) is 25.4 Å². The molecule has 0 aliphatic heterocycles. The summed E-state index contributed by atoms with van der Waals surface area (Å²) in [6.07, 6.45) is 3.91. The smallest absolute Gasteiger partial charge is 0.306 e. The molecule has 2 unspecified atom stereocenters. The van der Waals surface area contributed by atoms with Crippen LogP contribution in [-0.4, -0.2) is 47.0 Å². The molecule has 2 saturated carbocycles. The van der Waals surface area contributed by atoms with E-state index < -0.39 is 47.0 Å². The number of nitrogens with zero attached hydrogens (tertiary/aromatic N) is 1. The molecule has 40 heavy (non-hydrogen) atoms. The predicted molar refractivity (Wildman–Crippen MR) is 148 cm³/mol. The van der Waals surface area contributed by atoms with Crippen LogP contribution in [0.4, 0.5) is 0 Å². The summed E-state index contributed by atoms with van der Waals surface area (Å²) in [5.74, 6) is -2.04. The van der Waals surface area contributed by atoms with E-state index in [-0.39, 0.29) is 30.5 Å². The van der Waals surface area contributed by atoms with Crippen molar-refractivity contribution >= 4 is 23.7 Å². The highest BCUT2D eigenvalue weighted by Gasteiger charge is 2.60. The molecule has 0 aromatic carbocycles. The zero-order valence-corrected chi connectivity index (χ0v) is 24.5. The van der Waals surface area contributed by atoms with Crippen molar-refractivity contribution in [3.05, 3.63) is 53.4 Å². The second-order valence-electron chi connectivity index (χ2n) is 12.4. The number of hydrogen-bond donors (Lipinski definition) is 0. The topological polar surface area (TPSA) is 109 Å². The number of pyridine rings is 1. The minimum Gasteiger partial charge on any atom is -0.462 e. The first-order chi connectivity index (χ1) is 18.8. The fraction of sp³-hybridized carbons (Fsp3) is 0.594. The van der Waals surface area contributed by atoms with Crippen LogP contribution in [0, 0.1) is 22.7 Å². The molecule has 1 aromatic rings. The number of fused-ring (bicyclic) bond motifs is 3. The SMILES string of the molecule is C=C1C2[C@H](OC(C)=O)C3CC(=O)C(C)=C(C[C@@H](OC(C)=O)[C@]2(C)CC[C@@H]1OC(=O)CCc1cccnc1)C3(C)C. The molecule has 3 aliphatic carbocycles. The number of Topliss-reactive ketones (excluding diaryl/α,β-unsaturated/α-hetero) is 1. The highest BCUT2D eigenvalue weighted by molar-refractivity contribution is 5.97. The van der Waals surface area contributed by atoms with Crippen LogP contribution in [0.5, 0.6) is 0 Å². The van der Waals surface area contributed by atoms with Crippen LogP contribution in [-0.2, 0) is 39.8 Å². The number of ether oxygens (including phenoxy) is 3. The van der Waals surface area contributed by atoms with Gasteiger partial charge in [0.1, 0.15) is 18.3 Å². The van der Waals surface area contributed by atoms with Gasteiger partial charge in [-0.3, -0.25) is 24.2 Å². The normalized spacial score (nSPS) is 31.4. The number of carbonyl (C=O) groups excluding carboxylic acids is 4. The maximum atomic E-state index is 13.2. The largest absolute Gasteiger partial charge is 0.462 e. The van der Waals surface area contributed by atoms with Crippen molar-refractivity contribution in [3.8, 4) is 0 Å². The average molecular weight is 552 g/mol. The number of hydrogen-bond acceptors (Lipinski definition) is 8. The van der Waals surface area contributed by atoms with E-state index in [1.165, 1.54) is 13.8 Å². The van der Waals surface area contributed by atoms with Crippen molar-refractivity contribution in [1.29, 1.82) is 0 Å². The van der Waals surface area contributed by atoms with E-state index in [1.807, 2.05) is 26.0 Å². The maximum Gasteiger partial charge on any atom is 0.306 e. The molecule has 216 valence electrons. The molecule has 6 atom stereocenters. The molecule has 8 heteroatoms. The minimum absolute atomic E-state index is 0.00135. The number of ketones is 1. The Labute approximate surface area is 236 Å². The highest BCUT2D eigenvalue weighted by atomic mass is 16.6. The molecule has 8 nitrogen and oxygen atoms in total. The number of aromatic nitrogens is 1. The molecule has 4 rings (SSSR count). The van der Waals surface area contributed by atoms with Crippen molar-refractivity contribution in [2.24, 2.45) is 22.7 Å². The zero-order valence-electron chi connectivity index (χ0n) is 24.5. The molecule has 1 aromatic heterocycles. The van der Waals surface area contributed by atoms with Gasteiger partial charge in [-0.1, -0.05) is 39.0 Å². The Morgan fingerprint density at radius 2 is 1.77 bits per heavy atom. The number of carbonyl (C=O) groups is 4. The molecule has 2 bridgehead atoms. The van der Waals surface area contributed by atoms with Crippen molar-refractivity contribution in [2.75, 3.05) is 0 Å². The predicted octanol–water partition coefficient (Wildman–Crippen LogP) is 5.10. The Morgan fingerprint density at radius 3 is 2.40 bits per heavy atom. The van der Waals surface area contributed by atoms with Crippen LogP contribution in [0.2, 0.25) is 0 Å². The van der Waals surface area contributed by atoms with Gasteiger partial charge in [0.25, 0.3) is 0 Å². The van der Waals surface area contributed by atoms with Crippen molar-refractivity contribution in [1.82, 2.24) is 4.98 Å². The first-order valence-corrected chi connectivity index (χ1v) is 14.1. The summed E-state index contributed by atoms with van der Waals surface area (Å²) < 4.78 is 18.1. The van der Waals surface area contributed by atoms with Crippen molar-refractivity contribution in [3.63, 3.8) is 0 Å². The third-order valence-electron chi connectivity index (χ3n) is 9.52. The minimum atomic E-state index is -0.715. The monoisotopic (exact) mass is 551 g/mol. The summed E-state index contributed by atoms with van der Waals surface area (Å²) in [5.41, 5.74) is 2.03. The van der Waals surface area contributed by atoms with Gasteiger partial charge in [-0.2, -0.15) is 0 Å². The van der Waals surface area contributed by atoms with Crippen LogP contribution < -0.4 is 0 Å². The molecule has 0 radical (unpaired) electrons. The van der Waals surface area contributed by atoms with Crippen molar-refractivity contribution < 1.29 is 33.4 Å². The summed E-state index contributed by atoms with van der Waals surface area (Å²) in [6, 6.07) is 3.74. The van der Waals surface area contributed by atoms with Gasteiger partial charge in [0, 0.05) is 62.8 Å². The molecule has 2 fully saturated rings. The van der Waals surface area contributed by atoms with E-state index in [1.54, 1.807) is 12.4 Å². The second kappa shape index (κ2) is 11.3. The molecule has 3 aliphatic rings. The average Bonchev–Trinajstić information content (AvgIpc) is 2.88. The lowest BCUT2D eigenvalue weighted by Gasteiger charge is -2.58. The van der Waals surface area contributed by atoms with Crippen LogP contribution in [0.15, 0.2) is 47.8 Å². The van der Waals surface area contributed by atoms with Gasteiger partial charge in [-0.15, -0.1) is 0 Å². The summed E-state index contributed by atoms with van der Waals surface area (Å²) in [4.78, 5) is 55.1. The van der Waals surface area contributed by atoms with E-state index in [9.17, 15) is 19.2 Å². The van der Waals surface area contributed by atoms with E-state index in [4.69, 9.17) is 14.2 Å². The Kier molecular flexibility index (Phi) is 8.38. The van der Waals surface area contributed by atoms with Crippen LogP contribution in [0.1, 0.15) is 79.2 Å². The third kappa shape index (κ3) is 5.63. The van der Waals surface area contributed by atoms with E-state index in [0.29, 0.717) is 36.8 Å². The summed E-state index contributed by atoms with van der Waals surface area (Å²) >= 11 is 0. The number of aryl methyl sites for hydroxylation is 1. The molecular weight excluding hydrogens is 510 g/mol. The van der Waals surface area contributed by atoms with E-state index >= 15 is 0 Å². The zero-order chi connectivity index (χ0) is 29.4. The standard InChI is InChI=1S/C32H41NO7/c1-18-23-16-27(38-20(3)34)32(7)13-12-26(40-28(37)11-10-22-9-8-14-33-17-22)19(2)29(32)30(39-21(4)35)24(15-25(18)36)31(23,5)6/h8-9,14,17,24,26-27,29-30H,2,10-13,15-16H2,1,3-7H3/t24?,26-,27+,29?,30+,32-/m0/s1. The molecule has 0 amide bonds.